The average Bonchev–Trinajstić information content (AvgIpc) is 2.77. The molecule has 1 fully saturated rings. The van der Waals surface area contributed by atoms with Crippen LogP contribution in [-0.2, 0) is 12.6 Å². The highest BCUT2D eigenvalue weighted by Crippen LogP contribution is 2.32. The van der Waals surface area contributed by atoms with Crippen molar-refractivity contribution in [3.05, 3.63) is 86.3 Å². The van der Waals surface area contributed by atoms with Crippen LogP contribution in [0.5, 0.6) is 0 Å². The van der Waals surface area contributed by atoms with Gasteiger partial charge >= 0.3 is 6.18 Å². The third-order valence-corrected chi connectivity index (χ3v) is 6.02. The molecule has 1 aliphatic rings. The number of anilines is 2. The third-order valence-electron chi connectivity index (χ3n) is 5.65. The highest BCUT2D eigenvalue weighted by Gasteiger charge is 2.31. The Morgan fingerprint density at radius 2 is 1.72 bits per heavy atom. The van der Waals surface area contributed by atoms with Gasteiger partial charge in [0, 0.05) is 48.9 Å². The van der Waals surface area contributed by atoms with Crippen LogP contribution in [0.25, 0.3) is 0 Å². The predicted molar refractivity (Wildman–Crippen MR) is 120 cm³/mol. The van der Waals surface area contributed by atoms with E-state index in [0.717, 1.165) is 11.6 Å². The predicted octanol–water partition coefficient (Wildman–Crippen LogP) is 4.67. The van der Waals surface area contributed by atoms with Crippen molar-refractivity contribution in [2.24, 2.45) is 0 Å². The molecule has 0 amide bonds. The van der Waals surface area contributed by atoms with E-state index in [2.05, 4.69) is 9.97 Å². The number of piperazine rings is 1. The van der Waals surface area contributed by atoms with Gasteiger partial charge in [-0.05, 0) is 36.8 Å². The van der Waals surface area contributed by atoms with Crippen LogP contribution in [0.1, 0.15) is 22.4 Å². The van der Waals surface area contributed by atoms with Crippen LogP contribution in [0.15, 0.2) is 53.3 Å². The van der Waals surface area contributed by atoms with E-state index in [1.807, 2.05) is 28.0 Å². The van der Waals surface area contributed by atoms with E-state index in [-0.39, 0.29) is 5.56 Å². The lowest BCUT2D eigenvalue weighted by atomic mass is 10.1. The topological polar surface area (TPSA) is 52.2 Å². The van der Waals surface area contributed by atoms with E-state index in [4.69, 9.17) is 11.6 Å². The number of nitrogens with zero attached hydrogens (tertiary/aromatic N) is 3. The fraction of sp³-hybridized carbons (Fsp3) is 0.304. The van der Waals surface area contributed by atoms with Crippen molar-refractivity contribution in [2.45, 2.75) is 19.5 Å². The van der Waals surface area contributed by atoms with Crippen LogP contribution in [0.3, 0.4) is 0 Å². The first-order valence-electron chi connectivity index (χ1n) is 10.2. The number of halogens is 4. The number of hydrogen-bond donors (Lipinski definition) is 1. The molecule has 1 saturated heterocycles. The largest absolute Gasteiger partial charge is 0.416 e. The van der Waals surface area contributed by atoms with E-state index < -0.39 is 11.7 Å². The molecule has 4 rings (SSSR count). The zero-order valence-corrected chi connectivity index (χ0v) is 18.2. The number of hydrogen-bond acceptors (Lipinski definition) is 4. The van der Waals surface area contributed by atoms with Crippen molar-refractivity contribution in [1.82, 2.24) is 9.97 Å². The van der Waals surface area contributed by atoms with E-state index in [1.54, 1.807) is 19.1 Å². The fourth-order valence-electron chi connectivity index (χ4n) is 3.84. The summed E-state index contributed by atoms with van der Waals surface area (Å²) < 4.78 is 39.0. The Labute approximate surface area is 188 Å². The van der Waals surface area contributed by atoms with Crippen LogP contribution in [0.2, 0.25) is 5.02 Å². The van der Waals surface area contributed by atoms with Gasteiger partial charge in [0.15, 0.2) is 0 Å². The van der Waals surface area contributed by atoms with E-state index in [9.17, 15) is 18.0 Å². The molecule has 2 heterocycles. The van der Waals surface area contributed by atoms with Gasteiger partial charge in [-0.25, -0.2) is 4.98 Å². The summed E-state index contributed by atoms with van der Waals surface area (Å²) in [7, 11) is 0. The molecular weight excluding hydrogens is 441 g/mol. The van der Waals surface area contributed by atoms with Gasteiger partial charge in [0.2, 0.25) is 5.95 Å². The number of aromatic nitrogens is 2. The van der Waals surface area contributed by atoms with Crippen LogP contribution < -0.4 is 15.4 Å². The summed E-state index contributed by atoms with van der Waals surface area (Å²) in [5.74, 6) is 0.471. The molecule has 0 saturated carbocycles. The summed E-state index contributed by atoms with van der Waals surface area (Å²) in [5.41, 5.74) is 1.70. The maximum Gasteiger partial charge on any atom is 0.416 e. The number of H-pyrrole nitrogens is 1. The van der Waals surface area contributed by atoms with Crippen molar-refractivity contribution >= 4 is 23.2 Å². The lowest BCUT2D eigenvalue weighted by Crippen LogP contribution is -2.47. The molecule has 0 atom stereocenters. The molecule has 0 radical (unpaired) electrons. The third kappa shape index (κ3) is 4.75. The fourth-order valence-corrected chi connectivity index (χ4v) is 4.04. The summed E-state index contributed by atoms with van der Waals surface area (Å²) in [5, 5.41) is 0.598. The Balaban J connectivity index is 1.47. The van der Waals surface area contributed by atoms with Gasteiger partial charge < -0.3 is 9.80 Å². The molecule has 0 bridgehead atoms. The summed E-state index contributed by atoms with van der Waals surface area (Å²) >= 11 is 6.22. The summed E-state index contributed by atoms with van der Waals surface area (Å²) in [6.45, 7) is 3.89. The molecule has 0 unspecified atom stereocenters. The second-order valence-corrected chi connectivity index (χ2v) is 8.15. The summed E-state index contributed by atoms with van der Waals surface area (Å²) in [4.78, 5) is 24.0. The molecule has 9 heteroatoms. The molecule has 3 aromatic rings. The number of aryl methyl sites for hydroxylation is 1. The Morgan fingerprint density at radius 3 is 2.38 bits per heavy atom. The van der Waals surface area contributed by atoms with Gasteiger partial charge in [-0.3, -0.25) is 9.78 Å². The lowest BCUT2D eigenvalue weighted by molar-refractivity contribution is -0.137. The van der Waals surface area contributed by atoms with Crippen LogP contribution in [0, 0.1) is 6.92 Å². The molecule has 1 N–H and O–H groups in total. The first kappa shape index (κ1) is 22.2. The standard InChI is InChI=1S/C23H22ClF3N4O/c1-15-19(13-16-5-2-3-8-20(16)24)21(32)29-22(28-15)31-11-9-30(10-12-31)18-7-4-6-17(14-18)23(25,26)27/h2-8,14H,9-13H2,1H3,(H,28,29,32). The minimum atomic E-state index is -4.37. The molecule has 5 nitrogen and oxygen atoms in total. The number of aromatic amines is 1. The van der Waals surface area contributed by atoms with Crippen molar-refractivity contribution in [2.75, 3.05) is 36.0 Å². The molecule has 1 aromatic heterocycles. The van der Waals surface area contributed by atoms with Gasteiger partial charge in [-0.2, -0.15) is 13.2 Å². The zero-order chi connectivity index (χ0) is 22.9. The van der Waals surface area contributed by atoms with E-state index >= 15 is 0 Å². The second-order valence-electron chi connectivity index (χ2n) is 7.74. The van der Waals surface area contributed by atoms with Crippen LogP contribution in [0.4, 0.5) is 24.8 Å². The Hall–Kier alpha value is -3.00. The van der Waals surface area contributed by atoms with Crippen molar-refractivity contribution in [1.29, 1.82) is 0 Å². The monoisotopic (exact) mass is 462 g/mol. The smallest absolute Gasteiger partial charge is 0.368 e. The van der Waals surface area contributed by atoms with Gasteiger partial charge in [-0.15, -0.1) is 0 Å². The van der Waals surface area contributed by atoms with Gasteiger partial charge in [0.25, 0.3) is 5.56 Å². The Morgan fingerprint density at radius 1 is 1.03 bits per heavy atom. The number of nitrogens with one attached hydrogen (secondary N) is 1. The first-order valence-corrected chi connectivity index (χ1v) is 10.6. The summed E-state index contributed by atoms with van der Waals surface area (Å²) in [6.07, 6.45) is -3.98. The van der Waals surface area contributed by atoms with Gasteiger partial charge in [0.1, 0.15) is 0 Å². The Bertz CT molecular complexity index is 1170. The summed E-state index contributed by atoms with van der Waals surface area (Å²) in [6, 6.07) is 12.7. The normalized spacial score (nSPS) is 14.7. The van der Waals surface area contributed by atoms with Crippen molar-refractivity contribution in [3.63, 3.8) is 0 Å². The second kappa shape index (κ2) is 8.86. The molecule has 168 valence electrons. The van der Waals surface area contributed by atoms with Gasteiger partial charge in [0.05, 0.1) is 11.3 Å². The average molecular weight is 463 g/mol. The molecular formula is C23H22ClF3N4O. The lowest BCUT2D eigenvalue weighted by Gasteiger charge is -2.36. The van der Waals surface area contributed by atoms with Crippen molar-refractivity contribution < 1.29 is 13.2 Å². The Kier molecular flexibility index (Phi) is 6.15. The number of rotatable bonds is 4. The van der Waals surface area contributed by atoms with Crippen LogP contribution in [-0.4, -0.2) is 36.1 Å². The zero-order valence-electron chi connectivity index (χ0n) is 17.4. The van der Waals surface area contributed by atoms with E-state index in [1.165, 1.54) is 12.1 Å². The van der Waals surface area contributed by atoms with Crippen molar-refractivity contribution in [3.8, 4) is 0 Å². The highest BCUT2D eigenvalue weighted by molar-refractivity contribution is 6.31. The van der Waals surface area contributed by atoms with Crippen LogP contribution >= 0.6 is 11.6 Å². The molecule has 1 aliphatic heterocycles. The van der Waals surface area contributed by atoms with Gasteiger partial charge in [-0.1, -0.05) is 35.9 Å². The molecule has 0 spiro atoms. The minimum Gasteiger partial charge on any atom is -0.368 e. The molecule has 32 heavy (non-hydrogen) atoms. The first-order chi connectivity index (χ1) is 15.2. The molecule has 0 aliphatic carbocycles. The molecule has 2 aromatic carbocycles. The maximum atomic E-state index is 13.0. The SMILES string of the molecule is Cc1nc(N2CCN(c3cccc(C(F)(F)F)c3)CC2)[nH]c(=O)c1Cc1ccccc1Cl. The number of benzene rings is 2. The minimum absolute atomic E-state index is 0.215. The van der Waals surface area contributed by atoms with E-state index in [0.29, 0.717) is 60.5 Å². The quantitative estimate of drug-likeness (QED) is 0.612. The maximum absolute atomic E-state index is 13.0. The number of alkyl halides is 3. The highest BCUT2D eigenvalue weighted by atomic mass is 35.5.